The normalized spacial score (nSPS) is 17.0. The molecule has 148 valence electrons. The molecule has 3 rings (SSSR count). The highest BCUT2D eigenvalue weighted by Gasteiger charge is 2.20. The first kappa shape index (κ1) is 19.8. The SMILES string of the molecule is C[C@@H](OC(=O)c1ccc(OC[C@H]2CCCO2)cc1)C(=O)Nc1cccc(F)c1. The summed E-state index contributed by atoms with van der Waals surface area (Å²) in [7, 11) is 0. The van der Waals surface area contributed by atoms with Gasteiger partial charge >= 0.3 is 5.97 Å². The minimum absolute atomic E-state index is 0.113. The number of hydrogen-bond acceptors (Lipinski definition) is 5. The molecule has 1 amide bonds. The van der Waals surface area contributed by atoms with Gasteiger partial charge in [-0.05, 0) is 62.2 Å². The van der Waals surface area contributed by atoms with Crippen molar-refractivity contribution in [3.05, 3.63) is 59.9 Å². The van der Waals surface area contributed by atoms with Crippen molar-refractivity contribution in [3.8, 4) is 5.75 Å². The number of amides is 1. The van der Waals surface area contributed by atoms with E-state index in [4.69, 9.17) is 14.2 Å². The second kappa shape index (κ2) is 9.32. The number of benzene rings is 2. The molecule has 2 aromatic carbocycles. The fraction of sp³-hybridized carbons (Fsp3) is 0.333. The minimum Gasteiger partial charge on any atom is -0.491 e. The van der Waals surface area contributed by atoms with Crippen molar-refractivity contribution in [1.29, 1.82) is 0 Å². The number of ether oxygens (including phenoxy) is 3. The Morgan fingerprint density at radius 1 is 1.25 bits per heavy atom. The molecule has 1 fully saturated rings. The van der Waals surface area contributed by atoms with Crippen molar-refractivity contribution in [3.63, 3.8) is 0 Å². The molecule has 6 nitrogen and oxygen atoms in total. The molecule has 2 atom stereocenters. The first-order valence-electron chi connectivity index (χ1n) is 9.13. The lowest BCUT2D eigenvalue weighted by Crippen LogP contribution is -2.30. The molecule has 1 aliphatic rings. The van der Waals surface area contributed by atoms with Crippen LogP contribution in [0.25, 0.3) is 0 Å². The number of nitrogens with one attached hydrogen (secondary N) is 1. The highest BCUT2D eigenvalue weighted by Crippen LogP contribution is 2.17. The Labute approximate surface area is 162 Å². The van der Waals surface area contributed by atoms with Crippen LogP contribution in [0.15, 0.2) is 48.5 Å². The summed E-state index contributed by atoms with van der Waals surface area (Å²) in [6.07, 6.45) is 1.11. The van der Waals surface area contributed by atoms with Crippen molar-refractivity contribution < 1.29 is 28.2 Å². The summed E-state index contributed by atoms with van der Waals surface area (Å²) in [5.74, 6) is -1.02. The third kappa shape index (κ3) is 5.53. The maximum Gasteiger partial charge on any atom is 0.338 e. The molecular formula is C21H22FNO5. The molecule has 0 aromatic heterocycles. The van der Waals surface area contributed by atoms with E-state index in [1.54, 1.807) is 30.3 Å². The monoisotopic (exact) mass is 387 g/mol. The molecule has 2 aromatic rings. The smallest absolute Gasteiger partial charge is 0.338 e. The van der Waals surface area contributed by atoms with E-state index in [1.165, 1.54) is 25.1 Å². The van der Waals surface area contributed by atoms with Gasteiger partial charge in [-0.3, -0.25) is 4.79 Å². The van der Waals surface area contributed by atoms with Gasteiger partial charge in [-0.2, -0.15) is 0 Å². The number of hydrogen-bond donors (Lipinski definition) is 1. The minimum atomic E-state index is -1.04. The summed E-state index contributed by atoms with van der Waals surface area (Å²) >= 11 is 0. The van der Waals surface area contributed by atoms with Gasteiger partial charge in [0.1, 0.15) is 18.2 Å². The van der Waals surface area contributed by atoms with E-state index in [9.17, 15) is 14.0 Å². The van der Waals surface area contributed by atoms with E-state index in [2.05, 4.69) is 5.32 Å². The van der Waals surface area contributed by atoms with Gasteiger partial charge < -0.3 is 19.5 Å². The van der Waals surface area contributed by atoms with Gasteiger partial charge in [0, 0.05) is 12.3 Å². The molecule has 0 radical (unpaired) electrons. The second-order valence-corrected chi connectivity index (χ2v) is 6.52. The van der Waals surface area contributed by atoms with Gasteiger partial charge in [-0.15, -0.1) is 0 Å². The van der Waals surface area contributed by atoms with E-state index in [1.807, 2.05) is 0 Å². The van der Waals surface area contributed by atoms with E-state index >= 15 is 0 Å². The van der Waals surface area contributed by atoms with Gasteiger partial charge in [0.25, 0.3) is 5.91 Å². The second-order valence-electron chi connectivity index (χ2n) is 6.52. The first-order valence-corrected chi connectivity index (χ1v) is 9.13. The lowest BCUT2D eigenvalue weighted by Gasteiger charge is -2.14. The van der Waals surface area contributed by atoms with E-state index in [-0.39, 0.29) is 6.10 Å². The molecule has 28 heavy (non-hydrogen) atoms. The zero-order chi connectivity index (χ0) is 19.9. The molecule has 1 aliphatic heterocycles. The van der Waals surface area contributed by atoms with Gasteiger partial charge in [0.15, 0.2) is 6.10 Å². The Balaban J connectivity index is 1.49. The predicted octanol–water partition coefficient (Wildman–Crippen LogP) is 3.57. The van der Waals surface area contributed by atoms with Crippen LogP contribution < -0.4 is 10.1 Å². The maximum absolute atomic E-state index is 13.2. The molecular weight excluding hydrogens is 365 g/mol. The number of rotatable bonds is 7. The lowest BCUT2D eigenvalue weighted by molar-refractivity contribution is -0.123. The van der Waals surface area contributed by atoms with Crippen molar-refractivity contribution in [1.82, 2.24) is 0 Å². The number of anilines is 1. The molecule has 1 heterocycles. The first-order chi connectivity index (χ1) is 13.5. The van der Waals surface area contributed by atoms with Crippen LogP contribution in [0, 0.1) is 5.82 Å². The average Bonchev–Trinajstić information content (AvgIpc) is 3.20. The van der Waals surface area contributed by atoms with E-state index in [0.717, 1.165) is 19.4 Å². The number of carbonyl (C=O) groups excluding carboxylic acids is 2. The van der Waals surface area contributed by atoms with Gasteiger partial charge in [0.2, 0.25) is 0 Å². The maximum atomic E-state index is 13.2. The molecule has 0 spiro atoms. The van der Waals surface area contributed by atoms with Crippen LogP contribution in [0.3, 0.4) is 0 Å². The number of halogens is 1. The topological polar surface area (TPSA) is 73.9 Å². The van der Waals surface area contributed by atoms with Crippen molar-refractivity contribution in [2.75, 3.05) is 18.5 Å². The fourth-order valence-electron chi connectivity index (χ4n) is 2.74. The summed E-state index contributed by atoms with van der Waals surface area (Å²) < 4.78 is 29.5. The largest absolute Gasteiger partial charge is 0.491 e. The van der Waals surface area contributed by atoms with Crippen LogP contribution in [-0.4, -0.2) is 37.3 Å². The quantitative estimate of drug-likeness (QED) is 0.736. The van der Waals surface area contributed by atoms with Crippen molar-refractivity contribution in [2.45, 2.75) is 32.0 Å². The zero-order valence-electron chi connectivity index (χ0n) is 15.5. The van der Waals surface area contributed by atoms with Crippen LogP contribution in [0.2, 0.25) is 0 Å². The Morgan fingerprint density at radius 3 is 2.71 bits per heavy atom. The van der Waals surface area contributed by atoms with Crippen molar-refractivity contribution >= 4 is 17.6 Å². The molecule has 1 N–H and O–H groups in total. The summed E-state index contributed by atoms with van der Waals surface area (Å²) in [5, 5.41) is 2.50. The summed E-state index contributed by atoms with van der Waals surface area (Å²) in [4.78, 5) is 24.3. The molecule has 1 saturated heterocycles. The molecule has 0 aliphatic carbocycles. The zero-order valence-corrected chi connectivity index (χ0v) is 15.5. The summed E-state index contributed by atoms with van der Waals surface area (Å²) in [6.45, 7) is 2.69. The standard InChI is InChI=1S/C21H22FNO5/c1-14(20(24)23-17-5-2-4-16(22)12-17)28-21(25)15-7-9-18(10-8-15)27-13-19-6-3-11-26-19/h2,4-5,7-10,12,14,19H,3,6,11,13H2,1H3,(H,23,24)/t14-,19-/m1/s1. The predicted molar refractivity (Wildman–Crippen MR) is 101 cm³/mol. The van der Waals surface area contributed by atoms with Crippen LogP contribution in [-0.2, 0) is 14.3 Å². The van der Waals surface area contributed by atoms with Crippen molar-refractivity contribution in [2.24, 2.45) is 0 Å². The highest BCUT2D eigenvalue weighted by atomic mass is 19.1. The third-order valence-electron chi connectivity index (χ3n) is 4.30. The van der Waals surface area contributed by atoms with Crippen LogP contribution in [0.5, 0.6) is 5.75 Å². The fourth-order valence-corrected chi connectivity index (χ4v) is 2.74. The van der Waals surface area contributed by atoms with E-state index in [0.29, 0.717) is 23.6 Å². The Morgan fingerprint density at radius 2 is 2.04 bits per heavy atom. The van der Waals surface area contributed by atoms with E-state index < -0.39 is 23.8 Å². The molecule has 7 heteroatoms. The molecule has 0 bridgehead atoms. The molecule has 0 unspecified atom stereocenters. The third-order valence-corrected chi connectivity index (χ3v) is 4.30. The van der Waals surface area contributed by atoms with Gasteiger partial charge in [-0.25, -0.2) is 9.18 Å². The lowest BCUT2D eigenvalue weighted by atomic mass is 10.2. The van der Waals surface area contributed by atoms with Crippen LogP contribution in [0.4, 0.5) is 10.1 Å². The Bertz CT molecular complexity index is 818. The van der Waals surface area contributed by atoms with Crippen LogP contribution >= 0.6 is 0 Å². The van der Waals surface area contributed by atoms with Gasteiger partial charge in [-0.1, -0.05) is 6.07 Å². The van der Waals surface area contributed by atoms with Crippen LogP contribution in [0.1, 0.15) is 30.1 Å². The number of carbonyl (C=O) groups is 2. The van der Waals surface area contributed by atoms with Gasteiger partial charge in [0.05, 0.1) is 11.7 Å². The highest BCUT2D eigenvalue weighted by molar-refractivity contribution is 5.97. The summed E-state index contributed by atoms with van der Waals surface area (Å²) in [5.41, 5.74) is 0.593. The summed E-state index contributed by atoms with van der Waals surface area (Å²) in [6, 6.07) is 12.0. The Kier molecular flexibility index (Phi) is 6.60. The average molecular weight is 387 g/mol. The molecule has 0 saturated carbocycles. The number of esters is 1. The Hall–Kier alpha value is -2.93.